The highest BCUT2D eigenvalue weighted by molar-refractivity contribution is 4.84. The van der Waals surface area contributed by atoms with Crippen LogP contribution < -0.4 is 16.9 Å². The zero-order chi connectivity index (χ0) is 8.27. The summed E-state index contributed by atoms with van der Waals surface area (Å²) in [7, 11) is 0. The van der Waals surface area contributed by atoms with Crippen molar-refractivity contribution in [2.24, 2.45) is 10.9 Å². The predicted molar refractivity (Wildman–Crippen MR) is 40.5 cm³/mol. The van der Waals surface area contributed by atoms with Crippen LogP contribution in [0.4, 0.5) is 0 Å². The molecule has 0 aromatic carbocycles. The van der Waals surface area contributed by atoms with Gasteiger partial charge in [-0.05, 0) is 13.0 Å². The maximum absolute atomic E-state index is 11.0. The van der Waals surface area contributed by atoms with Crippen molar-refractivity contribution in [3.05, 3.63) is 28.0 Å². The fourth-order valence-corrected chi connectivity index (χ4v) is 0.778. The lowest BCUT2D eigenvalue weighted by Crippen LogP contribution is -2.28. The second-order valence-corrected chi connectivity index (χ2v) is 2.04. The van der Waals surface area contributed by atoms with E-state index >= 15 is 0 Å². The molecule has 5 heteroatoms. The fourth-order valence-electron chi connectivity index (χ4n) is 0.778. The second kappa shape index (κ2) is 3.05. The highest BCUT2D eigenvalue weighted by atomic mass is 16.1. The molecule has 3 N–H and O–H groups in total. The average molecular weight is 154 g/mol. The third-order valence-electron chi connectivity index (χ3n) is 1.35. The van der Waals surface area contributed by atoms with Gasteiger partial charge >= 0.3 is 0 Å². The van der Waals surface area contributed by atoms with Gasteiger partial charge in [-0.2, -0.15) is 5.10 Å². The maximum atomic E-state index is 11.0. The van der Waals surface area contributed by atoms with Crippen molar-refractivity contribution in [2.75, 3.05) is 0 Å². The summed E-state index contributed by atoms with van der Waals surface area (Å²) in [6.07, 6.45) is 0. The zero-order valence-corrected chi connectivity index (χ0v) is 6.24. The molecule has 0 atom stereocenters. The van der Waals surface area contributed by atoms with Crippen LogP contribution >= 0.6 is 0 Å². The van der Waals surface area contributed by atoms with E-state index in [1.807, 2.05) is 6.92 Å². The van der Waals surface area contributed by atoms with E-state index in [9.17, 15) is 4.79 Å². The summed E-state index contributed by atoms with van der Waals surface area (Å²) in [6.45, 7) is 2.44. The van der Waals surface area contributed by atoms with E-state index in [-0.39, 0.29) is 5.56 Å². The van der Waals surface area contributed by atoms with Crippen LogP contribution in [-0.2, 0) is 6.54 Å². The van der Waals surface area contributed by atoms with Crippen molar-refractivity contribution in [1.82, 2.24) is 9.78 Å². The lowest BCUT2D eigenvalue weighted by Gasteiger charge is -1.98. The zero-order valence-electron chi connectivity index (χ0n) is 6.24. The van der Waals surface area contributed by atoms with Gasteiger partial charge in [0.15, 0.2) is 5.49 Å². The molecule has 1 rings (SSSR count). The Hall–Kier alpha value is -1.52. The number of nitrogens with two attached hydrogens (primary N) is 1. The van der Waals surface area contributed by atoms with Gasteiger partial charge in [0, 0.05) is 12.6 Å². The molecule has 0 spiro atoms. The first-order valence-corrected chi connectivity index (χ1v) is 3.32. The van der Waals surface area contributed by atoms with Crippen molar-refractivity contribution in [3.63, 3.8) is 0 Å². The minimum absolute atomic E-state index is 0.0834. The van der Waals surface area contributed by atoms with Crippen molar-refractivity contribution in [2.45, 2.75) is 13.5 Å². The van der Waals surface area contributed by atoms with E-state index < -0.39 is 0 Å². The van der Waals surface area contributed by atoms with Gasteiger partial charge in [-0.3, -0.25) is 14.6 Å². The van der Waals surface area contributed by atoms with Gasteiger partial charge in [-0.15, -0.1) is 0 Å². The number of nitrogens with zero attached hydrogens (tertiary/aromatic N) is 2. The number of hydrogen-bond donors (Lipinski definition) is 2. The van der Waals surface area contributed by atoms with Gasteiger partial charge in [0.1, 0.15) is 0 Å². The molecular weight excluding hydrogens is 144 g/mol. The second-order valence-electron chi connectivity index (χ2n) is 2.04. The Morgan fingerprint density at radius 1 is 1.73 bits per heavy atom. The molecule has 1 aromatic heterocycles. The number of aromatic amines is 1. The van der Waals surface area contributed by atoms with Crippen LogP contribution in [0, 0.1) is 0 Å². The molecule has 60 valence electrons. The quantitative estimate of drug-likeness (QED) is 0.401. The molecule has 0 aliphatic heterocycles. The third kappa shape index (κ3) is 1.49. The van der Waals surface area contributed by atoms with Gasteiger partial charge in [0.25, 0.3) is 5.56 Å². The number of hydrogen-bond acceptors (Lipinski definition) is 3. The molecule has 0 saturated heterocycles. The van der Waals surface area contributed by atoms with E-state index in [1.54, 1.807) is 0 Å². The molecule has 0 aliphatic rings. The van der Waals surface area contributed by atoms with Gasteiger partial charge in [-0.25, -0.2) is 0 Å². The van der Waals surface area contributed by atoms with Crippen molar-refractivity contribution in [1.29, 1.82) is 0 Å². The van der Waals surface area contributed by atoms with Crippen molar-refractivity contribution >= 4 is 0 Å². The molecular formula is C6H10N4O. The van der Waals surface area contributed by atoms with Gasteiger partial charge in [0.2, 0.25) is 0 Å². The summed E-state index contributed by atoms with van der Waals surface area (Å²) < 4.78 is 1.42. The first kappa shape index (κ1) is 7.59. The lowest BCUT2D eigenvalue weighted by molar-refractivity contribution is 0.598. The van der Waals surface area contributed by atoms with Crippen LogP contribution in [0.1, 0.15) is 6.92 Å². The topological polar surface area (TPSA) is 76.2 Å². The number of aryl methyl sites for hydroxylation is 1. The molecule has 0 bridgehead atoms. The molecule has 0 unspecified atom stereocenters. The lowest BCUT2D eigenvalue weighted by atomic mass is 10.5. The fraction of sp³-hybridized carbons (Fsp3) is 0.333. The first-order chi connectivity index (χ1) is 5.27. The number of nitrogens with one attached hydrogen (secondary N) is 1. The van der Waals surface area contributed by atoms with Crippen molar-refractivity contribution in [3.8, 4) is 0 Å². The third-order valence-corrected chi connectivity index (χ3v) is 1.35. The molecule has 0 saturated carbocycles. The Kier molecular flexibility index (Phi) is 2.10. The molecule has 0 amide bonds. The minimum Gasteiger partial charge on any atom is -0.321 e. The molecule has 1 heterocycles. The standard InChI is InChI=1S/C6H10N4O/c1-2-10-6(11)4-3-5(8-7)9-10/h3-4H,2,7H2,1H3,(H,8,9). The van der Waals surface area contributed by atoms with Crippen LogP contribution in [0.5, 0.6) is 0 Å². The normalized spacial score (nSPS) is 11.9. The molecule has 5 nitrogen and oxygen atoms in total. The predicted octanol–water partition coefficient (Wildman–Crippen LogP) is -1.03. The highest BCUT2D eigenvalue weighted by Crippen LogP contribution is 1.67. The highest BCUT2D eigenvalue weighted by Gasteiger charge is 1.89. The van der Waals surface area contributed by atoms with Crippen LogP contribution in [0.15, 0.2) is 22.0 Å². The number of H-pyrrole nitrogens is 1. The molecule has 11 heavy (non-hydrogen) atoms. The average Bonchev–Trinajstić information content (AvgIpc) is 2.05. The van der Waals surface area contributed by atoms with Gasteiger partial charge < -0.3 is 5.84 Å². The molecule has 0 fully saturated rings. The van der Waals surface area contributed by atoms with Crippen LogP contribution in [-0.4, -0.2) is 9.78 Å². The van der Waals surface area contributed by atoms with Gasteiger partial charge in [-0.1, -0.05) is 0 Å². The Balaban J connectivity index is 3.36. The van der Waals surface area contributed by atoms with E-state index in [0.717, 1.165) is 0 Å². The Morgan fingerprint density at radius 2 is 2.45 bits per heavy atom. The summed E-state index contributed by atoms with van der Waals surface area (Å²) in [5.41, 5.74) is 0.409. The Bertz CT molecular complexity index is 348. The first-order valence-electron chi connectivity index (χ1n) is 3.32. The van der Waals surface area contributed by atoms with Crippen LogP contribution in [0.25, 0.3) is 0 Å². The summed E-state index contributed by atoms with van der Waals surface area (Å²) in [4.78, 5) is 11.0. The summed E-state index contributed by atoms with van der Waals surface area (Å²) in [5, 5.41) is 6.13. The minimum atomic E-state index is -0.0834. The van der Waals surface area contributed by atoms with E-state index in [4.69, 9.17) is 5.84 Å². The monoisotopic (exact) mass is 154 g/mol. The van der Waals surface area contributed by atoms with Crippen LogP contribution in [0.3, 0.4) is 0 Å². The SMILES string of the molecule is CCn1[nH]/c(=N/N)ccc1=O. The number of rotatable bonds is 1. The maximum Gasteiger partial charge on any atom is 0.265 e. The van der Waals surface area contributed by atoms with E-state index in [0.29, 0.717) is 12.0 Å². The number of aromatic nitrogens is 2. The van der Waals surface area contributed by atoms with Crippen LogP contribution in [0.2, 0.25) is 0 Å². The van der Waals surface area contributed by atoms with Crippen molar-refractivity contribution < 1.29 is 0 Å². The largest absolute Gasteiger partial charge is 0.321 e. The summed E-state index contributed by atoms with van der Waals surface area (Å²) in [6, 6.07) is 2.96. The summed E-state index contributed by atoms with van der Waals surface area (Å²) in [5.74, 6) is 5.00. The Morgan fingerprint density at radius 3 is 3.00 bits per heavy atom. The summed E-state index contributed by atoms with van der Waals surface area (Å²) >= 11 is 0. The smallest absolute Gasteiger partial charge is 0.265 e. The van der Waals surface area contributed by atoms with E-state index in [1.165, 1.54) is 16.8 Å². The molecule has 1 aromatic rings. The molecule has 0 aliphatic carbocycles. The van der Waals surface area contributed by atoms with Gasteiger partial charge in [0.05, 0.1) is 0 Å². The van der Waals surface area contributed by atoms with E-state index in [2.05, 4.69) is 10.2 Å². The Labute approximate surface area is 63.1 Å². The molecule has 0 radical (unpaired) electrons.